The molecular formula is C22H30N3O2+. The van der Waals surface area contributed by atoms with Crippen molar-refractivity contribution in [3.63, 3.8) is 0 Å². The van der Waals surface area contributed by atoms with Gasteiger partial charge in [-0.2, -0.15) is 0 Å². The van der Waals surface area contributed by atoms with Gasteiger partial charge in [0.2, 0.25) is 0 Å². The molecule has 2 aromatic rings. The molecular weight excluding hydrogens is 338 g/mol. The summed E-state index contributed by atoms with van der Waals surface area (Å²) in [6.07, 6.45) is 0. The fourth-order valence-corrected chi connectivity index (χ4v) is 2.91. The Labute approximate surface area is 161 Å². The molecule has 2 rings (SSSR count). The van der Waals surface area contributed by atoms with E-state index in [4.69, 9.17) is 0 Å². The van der Waals surface area contributed by atoms with Crippen LogP contribution >= 0.6 is 0 Å². The molecule has 0 bridgehead atoms. The molecule has 5 nitrogen and oxygen atoms in total. The van der Waals surface area contributed by atoms with Crippen molar-refractivity contribution >= 4 is 17.5 Å². The number of carbonyl (C=O) groups excluding carboxylic acids is 2. The molecule has 0 aliphatic carbocycles. The number of rotatable bonds is 8. The molecule has 0 saturated carbocycles. The van der Waals surface area contributed by atoms with Crippen LogP contribution in [-0.2, 0) is 11.3 Å². The van der Waals surface area contributed by atoms with Gasteiger partial charge in [0.1, 0.15) is 6.54 Å². The summed E-state index contributed by atoms with van der Waals surface area (Å²) in [5.74, 6) is 0.311. The molecule has 0 fully saturated rings. The monoisotopic (exact) mass is 368 g/mol. The van der Waals surface area contributed by atoms with E-state index in [-0.39, 0.29) is 11.8 Å². The number of likely N-dealkylation sites (N-methyl/N-ethyl adjacent to an activating group) is 1. The smallest absolute Gasteiger partial charge is 0.279 e. The highest BCUT2D eigenvalue weighted by atomic mass is 16.2. The number of anilines is 1. The van der Waals surface area contributed by atoms with E-state index in [9.17, 15) is 9.59 Å². The van der Waals surface area contributed by atoms with E-state index >= 15 is 0 Å². The van der Waals surface area contributed by atoms with Gasteiger partial charge in [0.25, 0.3) is 11.8 Å². The zero-order valence-electron chi connectivity index (χ0n) is 16.6. The first kappa shape index (κ1) is 20.6. The topological polar surface area (TPSA) is 62.6 Å². The lowest BCUT2D eigenvalue weighted by Gasteiger charge is -2.15. The maximum atomic E-state index is 12.3. The minimum Gasteiger partial charge on any atom is -0.352 e. The van der Waals surface area contributed by atoms with E-state index in [0.29, 0.717) is 30.3 Å². The molecule has 0 saturated heterocycles. The van der Waals surface area contributed by atoms with Gasteiger partial charge in [-0.25, -0.2) is 0 Å². The van der Waals surface area contributed by atoms with Crippen LogP contribution in [0.1, 0.15) is 48.2 Å². The second-order valence-corrected chi connectivity index (χ2v) is 7.20. The van der Waals surface area contributed by atoms with Crippen LogP contribution in [0.3, 0.4) is 0 Å². The van der Waals surface area contributed by atoms with Gasteiger partial charge in [0, 0.05) is 23.4 Å². The molecule has 2 amide bonds. The molecule has 1 unspecified atom stereocenters. The minimum absolute atomic E-state index is 0.0700. The third-order valence-corrected chi connectivity index (χ3v) is 4.36. The van der Waals surface area contributed by atoms with Crippen LogP contribution in [0.15, 0.2) is 48.5 Å². The van der Waals surface area contributed by atoms with Crippen molar-refractivity contribution in [3.05, 3.63) is 65.2 Å². The Balaban J connectivity index is 1.89. The Bertz CT molecular complexity index is 769. The summed E-state index contributed by atoms with van der Waals surface area (Å²) in [4.78, 5) is 25.3. The van der Waals surface area contributed by atoms with Crippen molar-refractivity contribution in [3.8, 4) is 0 Å². The Kier molecular flexibility index (Phi) is 7.55. The Morgan fingerprint density at radius 2 is 1.78 bits per heavy atom. The van der Waals surface area contributed by atoms with Crippen LogP contribution in [0.2, 0.25) is 0 Å². The lowest BCUT2D eigenvalue weighted by atomic mass is 10.0. The molecule has 144 valence electrons. The van der Waals surface area contributed by atoms with Gasteiger partial charge in [0.05, 0.1) is 7.05 Å². The van der Waals surface area contributed by atoms with Gasteiger partial charge in [-0.05, 0) is 36.6 Å². The second-order valence-electron chi connectivity index (χ2n) is 7.20. The maximum absolute atomic E-state index is 12.3. The summed E-state index contributed by atoms with van der Waals surface area (Å²) in [6, 6.07) is 15.6. The molecule has 5 heteroatoms. The summed E-state index contributed by atoms with van der Waals surface area (Å²) in [6.45, 7) is 7.94. The van der Waals surface area contributed by atoms with Crippen LogP contribution in [0.4, 0.5) is 5.69 Å². The Morgan fingerprint density at radius 3 is 2.41 bits per heavy atom. The van der Waals surface area contributed by atoms with Crippen LogP contribution in [0, 0.1) is 0 Å². The van der Waals surface area contributed by atoms with Crippen molar-refractivity contribution in [1.29, 1.82) is 0 Å². The second kappa shape index (κ2) is 9.88. The molecule has 27 heavy (non-hydrogen) atoms. The fourth-order valence-electron chi connectivity index (χ4n) is 2.91. The molecule has 3 N–H and O–H groups in total. The van der Waals surface area contributed by atoms with Crippen LogP contribution in [0.25, 0.3) is 0 Å². The molecule has 1 atom stereocenters. The molecule has 0 aliphatic rings. The highest BCUT2D eigenvalue weighted by Crippen LogP contribution is 2.14. The van der Waals surface area contributed by atoms with Crippen molar-refractivity contribution in [2.75, 3.05) is 25.5 Å². The number of carbonyl (C=O) groups is 2. The summed E-state index contributed by atoms with van der Waals surface area (Å²) in [5.41, 5.74) is 3.71. The number of amides is 2. The van der Waals surface area contributed by atoms with Gasteiger partial charge in [-0.3, -0.25) is 9.59 Å². The zero-order chi connectivity index (χ0) is 19.8. The average molecular weight is 369 g/mol. The molecule has 0 radical (unpaired) electrons. The summed E-state index contributed by atoms with van der Waals surface area (Å²) in [5, 5.41) is 5.64. The third kappa shape index (κ3) is 6.53. The highest BCUT2D eigenvalue weighted by Gasteiger charge is 2.12. The first-order valence-electron chi connectivity index (χ1n) is 9.47. The van der Waals surface area contributed by atoms with Gasteiger partial charge in [-0.1, -0.05) is 44.2 Å². The lowest BCUT2D eigenvalue weighted by Crippen LogP contribution is -3.08. The molecule has 0 spiro atoms. The molecule has 0 aliphatic heterocycles. The largest absolute Gasteiger partial charge is 0.352 e. The van der Waals surface area contributed by atoms with E-state index in [0.717, 1.165) is 11.4 Å². The fraction of sp³-hybridized carbons (Fsp3) is 0.364. The van der Waals surface area contributed by atoms with Crippen LogP contribution < -0.4 is 15.5 Å². The number of hydrogen-bond donors (Lipinski definition) is 3. The van der Waals surface area contributed by atoms with Gasteiger partial charge >= 0.3 is 0 Å². The summed E-state index contributed by atoms with van der Waals surface area (Å²) in [7, 11) is 2.00. The van der Waals surface area contributed by atoms with Crippen LogP contribution in [0.5, 0.6) is 0 Å². The van der Waals surface area contributed by atoms with Crippen molar-refractivity contribution in [2.45, 2.75) is 33.2 Å². The molecule has 0 aromatic heterocycles. The summed E-state index contributed by atoms with van der Waals surface area (Å²) < 4.78 is 0. The predicted molar refractivity (Wildman–Crippen MR) is 109 cm³/mol. The first-order valence-corrected chi connectivity index (χ1v) is 9.47. The minimum atomic E-state index is -0.138. The average Bonchev–Trinajstić information content (AvgIpc) is 2.62. The Hall–Kier alpha value is -2.66. The maximum Gasteiger partial charge on any atom is 0.279 e. The van der Waals surface area contributed by atoms with E-state index in [1.807, 2.05) is 14.0 Å². The van der Waals surface area contributed by atoms with Gasteiger partial charge in [0.15, 0.2) is 6.54 Å². The highest BCUT2D eigenvalue weighted by molar-refractivity contribution is 5.97. The van der Waals surface area contributed by atoms with Crippen LogP contribution in [-0.4, -0.2) is 32.0 Å². The van der Waals surface area contributed by atoms with E-state index in [2.05, 4.69) is 48.7 Å². The number of hydrogen-bond acceptors (Lipinski definition) is 2. The van der Waals surface area contributed by atoms with Gasteiger partial charge < -0.3 is 15.5 Å². The van der Waals surface area contributed by atoms with E-state index in [1.165, 1.54) is 11.1 Å². The van der Waals surface area contributed by atoms with Crippen molar-refractivity contribution in [2.24, 2.45) is 0 Å². The zero-order valence-corrected chi connectivity index (χ0v) is 16.6. The number of nitrogens with one attached hydrogen (secondary N) is 3. The standard InChI is InChI=1S/C22H29N3O2/c1-5-23-22(27)19-7-6-8-20(13-19)24-21(26)15-25(4)14-17-9-11-18(12-10-17)16(2)3/h6-13,16H,5,14-15H2,1-4H3,(H,23,27)(H,24,26)/p+1. The quantitative estimate of drug-likeness (QED) is 0.669. The number of quaternary nitrogens is 1. The van der Waals surface area contributed by atoms with Crippen molar-refractivity contribution < 1.29 is 14.5 Å². The Morgan fingerprint density at radius 1 is 1.07 bits per heavy atom. The van der Waals surface area contributed by atoms with Gasteiger partial charge in [-0.15, -0.1) is 0 Å². The predicted octanol–water partition coefficient (Wildman–Crippen LogP) is 2.21. The molecule has 0 heterocycles. The SMILES string of the molecule is CCNC(=O)c1cccc(NC(=O)C[NH+](C)Cc2ccc(C(C)C)cc2)c1. The lowest BCUT2D eigenvalue weighted by molar-refractivity contribution is -0.885. The molecule has 2 aromatic carbocycles. The normalized spacial score (nSPS) is 11.9. The third-order valence-electron chi connectivity index (χ3n) is 4.36. The number of benzene rings is 2. The summed E-state index contributed by atoms with van der Waals surface area (Å²) >= 11 is 0. The van der Waals surface area contributed by atoms with E-state index in [1.54, 1.807) is 24.3 Å². The first-order chi connectivity index (χ1) is 12.9. The van der Waals surface area contributed by atoms with Crippen molar-refractivity contribution in [1.82, 2.24) is 5.32 Å². The van der Waals surface area contributed by atoms with E-state index < -0.39 is 0 Å².